The molecule has 0 aliphatic carbocycles. The van der Waals surface area contributed by atoms with Crippen LogP contribution in [0.2, 0.25) is 0 Å². The Kier molecular flexibility index (Phi) is 33.6. The zero-order valence-corrected chi connectivity index (χ0v) is 33.4. The molecule has 0 aromatic rings. The molecule has 0 spiro atoms. The first-order valence-electron chi connectivity index (χ1n) is 20.7. The molecule has 0 rings (SSSR count). The van der Waals surface area contributed by atoms with Crippen molar-refractivity contribution in [2.24, 2.45) is 0 Å². The van der Waals surface area contributed by atoms with Crippen molar-refractivity contribution in [2.75, 3.05) is 52.7 Å². The van der Waals surface area contributed by atoms with E-state index in [0.717, 1.165) is 38.8 Å². The van der Waals surface area contributed by atoms with Gasteiger partial charge in [-0.25, -0.2) is 0 Å². The van der Waals surface area contributed by atoms with E-state index in [4.69, 9.17) is 28.4 Å². The monoisotopic (exact) mass is 689 g/mol. The Balaban J connectivity index is 3.90. The predicted molar refractivity (Wildman–Crippen MR) is 202 cm³/mol. The predicted octanol–water partition coefficient (Wildman–Crippen LogP) is 10.3. The Labute approximate surface area is 299 Å². The molecule has 2 unspecified atom stereocenters. The Morgan fingerprint density at radius 3 is 0.854 bits per heavy atom. The third kappa shape index (κ3) is 24.8. The Morgan fingerprint density at radius 1 is 0.354 bits per heavy atom. The summed E-state index contributed by atoms with van der Waals surface area (Å²) in [7, 11) is 0. The van der Waals surface area contributed by atoms with Gasteiger partial charge in [-0.05, 0) is 80.1 Å². The van der Waals surface area contributed by atoms with Gasteiger partial charge < -0.3 is 39.1 Å². The minimum Gasteiger partial charge on any atom is -0.328 e. The van der Waals surface area contributed by atoms with E-state index in [1.165, 1.54) is 103 Å². The van der Waals surface area contributed by atoms with Crippen molar-refractivity contribution in [3.63, 3.8) is 0 Å². The van der Waals surface area contributed by atoms with Crippen LogP contribution in [-0.2, 0) is 28.4 Å². The van der Waals surface area contributed by atoms with Crippen LogP contribution in [0.1, 0.15) is 184 Å². The number of rotatable bonds is 39. The van der Waals surface area contributed by atoms with E-state index in [9.17, 15) is 0 Å². The van der Waals surface area contributed by atoms with Crippen LogP contribution in [-0.4, -0.2) is 76.8 Å². The average molecular weight is 689 g/mol. The lowest BCUT2D eigenvalue weighted by Crippen LogP contribution is -2.39. The molecule has 0 bridgehead atoms. The van der Waals surface area contributed by atoms with Crippen LogP contribution in [0.3, 0.4) is 0 Å². The summed E-state index contributed by atoms with van der Waals surface area (Å²) in [6.45, 7) is 22.4. The molecule has 0 aromatic carbocycles. The number of unbranched alkanes of at least 4 members (excludes halogenated alkanes) is 12. The van der Waals surface area contributed by atoms with Crippen LogP contribution in [0.4, 0.5) is 0 Å². The molecule has 48 heavy (non-hydrogen) atoms. The topological polar surface area (TPSA) is 79.4 Å². The van der Waals surface area contributed by atoms with E-state index in [2.05, 4.69) is 24.5 Å². The van der Waals surface area contributed by atoms with Gasteiger partial charge in [-0.3, -0.25) is 0 Å². The van der Waals surface area contributed by atoms with Crippen molar-refractivity contribution >= 4 is 0 Å². The van der Waals surface area contributed by atoms with E-state index < -0.39 is 11.9 Å². The summed E-state index contributed by atoms with van der Waals surface area (Å²) < 4.78 is 35.1. The van der Waals surface area contributed by atoms with Gasteiger partial charge in [0.1, 0.15) is 0 Å². The highest BCUT2D eigenvalue weighted by Gasteiger charge is 2.32. The molecule has 0 aliphatic rings. The van der Waals surface area contributed by atoms with Crippen molar-refractivity contribution in [3.05, 3.63) is 0 Å². The third-order valence-electron chi connectivity index (χ3n) is 9.23. The van der Waals surface area contributed by atoms with E-state index >= 15 is 0 Å². The molecule has 0 saturated carbocycles. The van der Waals surface area contributed by atoms with Crippen molar-refractivity contribution in [2.45, 2.75) is 208 Å². The highest BCUT2D eigenvalue weighted by molar-refractivity contribution is 4.70. The zero-order valence-electron chi connectivity index (χ0n) is 33.4. The second kappa shape index (κ2) is 33.8. The molecular weight excluding hydrogens is 604 g/mol. The normalized spacial score (nSPS) is 13.8. The van der Waals surface area contributed by atoms with Gasteiger partial charge in [-0.15, -0.1) is 0 Å². The molecule has 0 amide bonds. The summed E-state index contributed by atoms with van der Waals surface area (Å²) in [5, 5.41) is 7.64. The summed E-state index contributed by atoms with van der Waals surface area (Å²) in [6, 6.07) is 1.29. The summed E-state index contributed by atoms with van der Waals surface area (Å²) in [4.78, 5) is 0. The van der Waals surface area contributed by atoms with Gasteiger partial charge in [0.05, 0.1) is 0 Å². The van der Waals surface area contributed by atoms with E-state index in [-0.39, 0.29) is 0 Å². The number of hydrogen-bond donors (Lipinski definition) is 2. The summed E-state index contributed by atoms with van der Waals surface area (Å²) >= 11 is 0. The van der Waals surface area contributed by atoms with Crippen LogP contribution < -0.4 is 10.6 Å². The second-order valence-electron chi connectivity index (χ2n) is 13.1. The number of nitrogens with one attached hydrogen (secondary N) is 2. The van der Waals surface area contributed by atoms with Crippen LogP contribution in [0, 0.1) is 0 Å². The molecule has 0 radical (unpaired) electrons. The molecule has 0 aliphatic heterocycles. The number of ether oxygens (including phenoxy) is 6. The smallest absolute Gasteiger partial charge is 0.282 e. The first kappa shape index (κ1) is 47.7. The fourth-order valence-electron chi connectivity index (χ4n) is 6.69. The van der Waals surface area contributed by atoms with Crippen molar-refractivity contribution < 1.29 is 28.4 Å². The molecule has 0 heterocycles. The highest BCUT2D eigenvalue weighted by Crippen LogP contribution is 2.25. The van der Waals surface area contributed by atoms with Crippen LogP contribution in [0.5, 0.6) is 0 Å². The van der Waals surface area contributed by atoms with Gasteiger partial charge in [0, 0.05) is 77.7 Å². The lowest BCUT2D eigenvalue weighted by Gasteiger charge is -2.32. The van der Waals surface area contributed by atoms with Gasteiger partial charge in [0.25, 0.3) is 11.9 Å². The standard InChI is InChI=1S/C40H84N2O6/c1-9-37(31-27-23-19-17-21-25-29-33-39(43-11-3,44-12-4)45-13-5)41-35-36-42-38(10-2)32-28-24-20-18-22-26-30-34-40(46-14-6,47-15-7)48-16-8/h37-38,41-42H,9-36H2,1-8H3. The first-order chi connectivity index (χ1) is 23.4. The zero-order chi connectivity index (χ0) is 35.6. The lowest BCUT2D eigenvalue weighted by atomic mass is 10.0. The van der Waals surface area contributed by atoms with Crippen molar-refractivity contribution in [1.82, 2.24) is 10.6 Å². The molecule has 0 fully saturated rings. The summed E-state index contributed by atoms with van der Waals surface area (Å²) in [6.07, 6.45) is 24.4. The highest BCUT2D eigenvalue weighted by atomic mass is 16.9. The molecule has 0 aromatic heterocycles. The van der Waals surface area contributed by atoms with Crippen LogP contribution in [0.15, 0.2) is 0 Å². The maximum Gasteiger partial charge on any atom is 0.282 e. The maximum absolute atomic E-state index is 5.85. The minimum atomic E-state index is -0.844. The van der Waals surface area contributed by atoms with Gasteiger partial charge in [-0.2, -0.15) is 0 Å². The first-order valence-corrected chi connectivity index (χ1v) is 20.7. The van der Waals surface area contributed by atoms with Gasteiger partial charge >= 0.3 is 0 Å². The van der Waals surface area contributed by atoms with Crippen molar-refractivity contribution in [1.29, 1.82) is 0 Å². The molecule has 2 N–H and O–H groups in total. The summed E-state index contributed by atoms with van der Waals surface area (Å²) in [5.74, 6) is -1.69. The van der Waals surface area contributed by atoms with Crippen molar-refractivity contribution in [3.8, 4) is 0 Å². The Hall–Kier alpha value is -0.320. The third-order valence-corrected chi connectivity index (χ3v) is 9.23. The second-order valence-corrected chi connectivity index (χ2v) is 13.1. The molecule has 290 valence electrons. The SMILES string of the molecule is CCOC(CCCCCCCCCC(CC)NCCNC(CC)CCCCCCCCCC(OCC)(OCC)OCC)(OCC)OCC. The van der Waals surface area contributed by atoms with Gasteiger partial charge in [0.15, 0.2) is 0 Å². The maximum atomic E-state index is 5.85. The number of hydrogen-bond acceptors (Lipinski definition) is 8. The quantitative estimate of drug-likeness (QED) is 0.0488. The largest absolute Gasteiger partial charge is 0.328 e. The van der Waals surface area contributed by atoms with Gasteiger partial charge in [-0.1, -0.05) is 90.9 Å². The molecule has 0 saturated heterocycles. The minimum absolute atomic E-state index is 0.606. The Morgan fingerprint density at radius 2 is 0.604 bits per heavy atom. The molecule has 2 atom stereocenters. The van der Waals surface area contributed by atoms with Crippen LogP contribution in [0.25, 0.3) is 0 Å². The van der Waals surface area contributed by atoms with E-state index in [1.54, 1.807) is 0 Å². The van der Waals surface area contributed by atoms with Crippen LogP contribution >= 0.6 is 0 Å². The molecule has 8 heteroatoms. The van der Waals surface area contributed by atoms with E-state index in [1.807, 2.05) is 41.5 Å². The molecule has 8 nitrogen and oxygen atoms in total. The average Bonchev–Trinajstić information content (AvgIpc) is 3.07. The molecular formula is C40H84N2O6. The Bertz CT molecular complexity index is 567. The lowest BCUT2D eigenvalue weighted by molar-refractivity contribution is -0.380. The fourth-order valence-corrected chi connectivity index (χ4v) is 6.69. The summed E-state index contributed by atoms with van der Waals surface area (Å²) in [5.41, 5.74) is 0. The van der Waals surface area contributed by atoms with E-state index in [0.29, 0.717) is 51.7 Å². The fraction of sp³-hybridized carbons (Fsp3) is 1.00. The van der Waals surface area contributed by atoms with Gasteiger partial charge in [0.2, 0.25) is 0 Å².